The van der Waals surface area contributed by atoms with Gasteiger partial charge in [0.1, 0.15) is 6.04 Å². The van der Waals surface area contributed by atoms with E-state index in [4.69, 9.17) is 5.11 Å². The first-order chi connectivity index (χ1) is 8.47. The van der Waals surface area contributed by atoms with Crippen molar-refractivity contribution in [2.45, 2.75) is 38.5 Å². The molecule has 0 aliphatic heterocycles. The molecule has 0 saturated heterocycles. The number of sulfone groups is 1. The molecule has 0 aromatic carbocycles. The molecule has 0 saturated carbocycles. The van der Waals surface area contributed by atoms with Crippen LogP contribution in [-0.2, 0) is 19.4 Å². The molecule has 8 heteroatoms. The van der Waals surface area contributed by atoms with E-state index < -0.39 is 32.5 Å². The zero-order valence-electron chi connectivity index (χ0n) is 11.6. The summed E-state index contributed by atoms with van der Waals surface area (Å²) in [5, 5.41) is 11.2. The second-order valence-corrected chi connectivity index (χ2v) is 9.11. The lowest BCUT2D eigenvalue weighted by Gasteiger charge is -2.19. The molecule has 0 fully saturated rings. The summed E-state index contributed by atoms with van der Waals surface area (Å²) in [4.78, 5) is 21.6. The highest BCUT2D eigenvalue weighted by molar-refractivity contribution is 8.00. The van der Waals surface area contributed by atoms with Crippen molar-refractivity contribution in [3.05, 3.63) is 0 Å². The average molecular weight is 311 g/mol. The molecule has 0 aromatic heterocycles. The zero-order valence-corrected chi connectivity index (χ0v) is 13.2. The van der Waals surface area contributed by atoms with Crippen molar-refractivity contribution in [1.82, 2.24) is 5.32 Å². The lowest BCUT2D eigenvalue weighted by atomic mass is 10.3. The SMILES string of the molecule is CC(=O)N[C@@H](CSCCS(=O)(=O)C(C)(C)C)C(=O)O. The molecule has 0 aromatic rings. The van der Waals surface area contributed by atoms with Gasteiger partial charge in [0.25, 0.3) is 0 Å². The Hall–Kier alpha value is -0.760. The van der Waals surface area contributed by atoms with Crippen LogP contribution in [-0.4, -0.2) is 53.4 Å². The normalized spacial score (nSPS) is 13.9. The summed E-state index contributed by atoms with van der Waals surface area (Å²) in [7, 11) is -3.19. The molecule has 0 aliphatic rings. The van der Waals surface area contributed by atoms with Gasteiger partial charge in [-0.05, 0) is 20.8 Å². The first-order valence-corrected chi connectivity index (χ1v) is 8.58. The Morgan fingerprint density at radius 2 is 1.84 bits per heavy atom. The standard InChI is InChI=1S/C11H21NO5S2/c1-8(13)12-9(10(14)15)7-18-5-6-19(16,17)11(2,3)4/h9H,5-7H2,1-4H3,(H,12,13)(H,14,15)/t9-/m0/s1. The number of aliphatic carboxylic acids is 1. The number of nitrogens with one attached hydrogen (secondary N) is 1. The summed E-state index contributed by atoms with van der Waals surface area (Å²) in [6, 6.07) is -0.986. The van der Waals surface area contributed by atoms with E-state index >= 15 is 0 Å². The molecular formula is C11H21NO5S2. The van der Waals surface area contributed by atoms with Crippen LogP contribution in [0.15, 0.2) is 0 Å². The summed E-state index contributed by atoms with van der Waals surface area (Å²) >= 11 is 1.20. The maximum absolute atomic E-state index is 11.8. The number of carboxylic acid groups (broad SMARTS) is 1. The van der Waals surface area contributed by atoms with Crippen LogP contribution in [0.1, 0.15) is 27.7 Å². The number of thioether (sulfide) groups is 1. The quantitative estimate of drug-likeness (QED) is 0.665. The predicted octanol–water partition coefficient (Wildman–Crippen LogP) is 0.522. The number of carboxylic acids is 1. The van der Waals surface area contributed by atoms with Crippen molar-refractivity contribution in [2.75, 3.05) is 17.3 Å². The molecule has 1 amide bonds. The Morgan fingerprint density at radius 1 is 1.32 bits per heavy atom. The Kier molecular flexibility index (Phi) is 6.85. The van der Waals surface area contributed by atoms with Gasteiger partial charge in [-0.1, -0.05) is 0 Å². The monoisotopic (exact) mass is 311 g/mol. The van der Waals surface area contributed by atoms with E-state index in [-0.39, 0.29) is 11.5 Å². The lowest BCUT2D eigenvalue weighted by molar-refractivity contribution is -0.140. The van der Waals surface area contributed by atoms with E-state index in [0.717, 1.165) is 0 Å². The van der Waals surface area contributed by atoms with Crippen molar-refractivity contribution in [3.8, 4) is 0 Å². The predicted molar refractivity (Wildman–Crippen MR) is 76.1 cm³/mol. The van der Waals surface area contributed by atoms with Gasteiger partial charge in [0.2, 0.25) is 5.91 Å². The van der Waals surface area contributed by atoms with Gasteiger partial charge < -0.3 is 10.4 Å². The number of hydrogen-bond donors (Lipinski definition) is 2. The fraction of sp³-hybridized carbons (Fsp3) is 0.818. The molecule has 0 bridgehead atoms. The van der Waals surface area contributed by atoms with Gasteiger partial charge in [-0.3, -0.25) is 4.79 Å². The third-order valence-corrected chi connectivity index (χ3v) is 6.32. The Morgan fingerprint density at radius 3 is 2.21 bits per heavy atom. The summed E-state index contributed by atoms with van der Waals surface area (Å²) < 4.78 is 22.8. The molecule has 6 nitrogen and oxygen atoms in total. The molecule has 19 heavy (non-hydrogen) atoms. The topological polar surface area (TPSA) is 101 Å². The largest absolute Gasteiger partial charge is 0.480 e. The number of rotatable bonds is 7. The van der Waals surface area contributed by atoms with Crippen molar-refractivity contribution >= 4 is 33.5 Å². The maximum atomic E-state index is 11.8. The van der Waals surface area contributed by atoms with Gasteiger partial charge in [0.15, 0.2) is 9.84 Å². The molecule has 0 heterocycles. The van der Waals surface area contributed by atoms with E-state index in [2.05, 4.69) is 5.32 Å². The fourth-order valence-corrected chi connectivity index (χ4v) is 3.69. The summed E-state index contributed by atoms with van der Waals surface area (Å²) in [5.41, 5.74) is 0. The van der Waals surface area contributed by atoms with Gasteiger partial charge in [0.05, 0.1) is 10.5 Å². The van der Waals surface area contributed by atoms with Crippen molar-refractivity contribution in [2.24, 2.45) is 0 Å². The second-order valence-electron chi connectivity index (χ2n) is 5.10. The molecule has 0 radical (unpaired) electrons. The first-order valence-electron chi connectivity index (χ1n) is 5.77. The molecule has 2 N–H and O–H groups in total. The van der Waals surface area contributed by atoms with E-state index in [1.165, 1.54) is 18.7 Å². The van der Waals surface area contributed by atoms with E-state index in [9.17, 15) is 18.0 Å². The van der Waals surface area contributed by atoms with Crippen LogP contribution >= 0.6 is 11.8 Å². The van der Waals surface area contributed by atoms with E-state index in [1.807, 2.05) is 0 Å². The zero-order chi connectivity index (χ0) is 15.3. The second kappa shape index (κ2) is 7.14. The minimum Gasteiger partial charge on any atom is -0.480 e. The Labute approximate surface area is 118 Å². The van der Waals surface area contributed by atoms with Crippen molar-refractivity contribution < 1.29 is 23.1 Å². The van der Waals surface area contributed by atoms with Crippen molar-refractivity contribution in [1.29, 1.82) is 0 Å². The third-order valence-electron chi connectivity index (χ3n) is 2.39. The summed E-state index contributed by atoms with van der Waals surface area (Å²) in [6.45, 7) is 6.13. The van der Waals surface area contributed by atoms with Crippen LogP contribution in [0, 0.1) is 0 Å². The highest BCUT2D eigenvalue weighted by atomic mass is 32.2. The van der Waals surface area contributed by atoms with Gasteiger partial charge in [0, 0.05) is 18.4 Å². The highest BCUT2D eigenvalue weighted by Crippen LogP contribution is 2.17. The molecule has 0 rings (SSSR count). The smallest absolute Gasteiger partial charge is 0.327 e. The number of carbonyl (C=O) groups is 2. The minimum atomic E-state index is -3.19. The highest BCUT2D eigenvalue weighted by Gasteiger charge is 2.28. The first kappa shape index (κ1) is 18.2. The van der Waals surface area contributed by atoms with Gasteiger partial charge in [-0.15, -0.1) is 0 Å². The van der Waals surface area contributed by atoms with E-state index in [1.54, 1.807) is 20.8 Å². The van der Waals surface area contributed by atoms with Crippen LogP contribution in [0.25, 0.3) is 0 Å². The third kappa shape index (κ3) is 6.81. The van der Waals surface area contributed by atoms with Gasteiger partial charge >= 0.3 is 5.97 Å². The van der Waals surface area contributed by atoms with Gasteiger partial charge in [-0.2, -0.15) is 11.8 Å². The summed E-state index contributed by atoms with van der Waals surface area (Å²) in [5.74, 6) is -1.10. The maximum Gasteiger partial charge on any atom is 0.327 e. The molecule has 0 aliphatic carbocycles. The Balaban J connectivity index is 4.23. The summed E-state index contributed by atoms with van der Waals surface area (Å²) in [6.07, 6.45) is 0. The average Bonchev–Trinajstić information content (AvgIpc) is 2.19. The Bertz CT molecular complexity index is 425. The van der Waals surface area contributed by atoms with Crippen LogP contribution in [0.5, 0.6) is 0 Å². The molecule has 1 atom stereocenters. The number of amides is 1. The molecule has 0 unspecified atom stereocenters. The van der Waals surface area contributed by atoms with Crippen LogP contribution < -0.4 is 5.32 Å². The number of carbonyl (C=O) groups excluding carboxylic acids is 1. The molecule has 0 spiro atoms. The van der Waals surface area contributed by atoms with Gasteiger partial charge in [-0.25, -0.2) is 13.2 Å². The number of hydrogen-bond acceptors (Lipinski definition) is 5. The fourth-order valence-electron chi connectivity index (χ4n) is 1.10. The molecular weight excluding hydrogens is 290 g/mol. The lowest BCUT2D eigenvalue weighted by Crippen LogP contribution is -2.41. The van der Waals surface area contributed by atoms with Crippen LogP contribution in [0.3, 0.4) is 0 Å². The van der Waals surface area contributed by atoms with Crippen molar-refractivity contribution in [3.63, 3.8) is 0 Å². The minimum absolute atomic E-state index is 0.00637. The molecule has 112 valence electrons. The van der Waals surface area contributed by atoms with E-state index in [0.29, 0.717) is 5.75 Å². The van der Waals surface area contributed by atoms with Crippen LogP contribution in [0.4, 0.5) is 0 Å². The van der Waals surface area contributed by atoms with Crippen LogP contribution in [0.2, 0.25) is 0 Å².